The van der Waals surface area contributed by atoms with Crippen LogP contribution in [0.5, 0.6) is 5.75 Å². The number of halogens is 1. The van der Waals surface area contributed by atoms with Gasteiger partial charge in [-0.15, -0.1) is 11.6 Å². The summed E-state index contributed by atoms with van der Waals surface area (Å²) in [6.07, 6.45) is 0.944. The van der Waals surface area contributed by atoms with Gasteiger partial charge >= 0.3 is 0 Å². The van der Waals surface area contributed by atoms with Crippen molar-refractivity contribution in [3.8, 4) is 5.75 Å². The number of nitrogens with one attached hydrogen (secondary N) is 1. The third kappa shape index (κ3) is 2.30. The Hall–Kier alpha value is -1.22. The molecule has 1 aromatic carbocycles. The summed E-state index contributed by atoms with van der Waals surface area (Å²) in [6, 6.07) is 6.00. The van der Waals surface area contributed by atoms with Crippen molar-refractivity contribution in [2.24, 2.45) is 0 Å². The Balaban J connectivity index is 2.12. The van der Waals surface area contributed by atoms with Crippen LogP contribution in [0.15, 0.2) is 18.2 Å². The van der Waals surface area contributed by atoms with Crippen molar-refractivity contribution in [1.82, 2.24) is 5.32 Å². The van der Waals surface area contributed by atoms with E-state index in [0.29, 0.717) is 0 Å². The molecule has 0 aromatic heterocycles. The van der Waals surface area contributed by atoms with E-state index in [0.717, 1.165) is 24.3 Å². The van der Waals surface area contributed by atoms with Crippen LogP contribution in [-0.4, -0.2) is 18.4 Å². The van der Waals surface area contributed by atoms with Gasteiger partial charge in [0.15, 0.2) is 0 Å². The fourth-order valence-corrected chi connectivity index (χ4v) is 1.92. The van der Waals surface area contributed by atoms with Crippen molar-refractivity contribution < 1.29 is 9.53 Å². The molecule has 0 bridgehead atoms. The molecule has 1 heterocycles. The highest BCUT2D eigenvalue weighted by Crippen LogP contribution is 2.27. The van der Waals surface area contributed by atoms with Gasteiger partial charge in [-0.2, -0.15) is 0 Å². The van der Waals surface area contributed by atoms with Crippen LogP contribution in [0, 0.1) is 0 Å². The lowest BCUT2D eigenvalue weighted by molar-refractivity contribution is -0.119. The van der Waals surface area contributed by atoms with Crippen molar-refractivity contribution in [1.29, 1.82) is 0 Å². The molecule has 4 heteroatoms. The van der Waals surface area contributed by atoms with Gasteiger partial charge in [0.25, 0.3) is 0 Å². The number of alkyl halides is 1. The lowest BCUT2D eigenvalue weighted by Gasteiger charge is -2.14. The molecular weight excluding hydrogens is 226 g/mol. The lowest BCUT2D eigenvalue weighted by atomic mass is 10.0. The van der Waals surface area contributed by atoms with Crippen LogP contribution < -0.4 is 10.1 Å². The summed E-state index contributed by atoms with van der Waals surface area (Å²) in [5.41, 5.74) is 2.30. The maximum atomic E-state index is 11.2. The number of carbonyl (C=O) groups excluding carboxylic acids is 1. The first-order valence-corrected chi connectivity index (χ1v) is 5.85. The Labute approximate surface area is 99.7 Å². The SMILES string of the molecule is C[C@@H](NC(=O)CCl)c1ccc2c(c1)CCO2. The summed E-state index contributed by atoms with van der Waals surface area (Å²) in [7, 11) is 0. The molecule has 0 fully saturated rings. The second-order valence-electron chi connectivity index (χ2n) is 3.89. The molecule has 1 aliphatic heterocycles. The summed E-state index contributed by atoms with van der Waals surface area (Å²) in [4.78, 5) is 11.2. The van der Waals surface area contributed by atoms with E-state index in [2.05, 4.69) is 11.4 Å². The number of benzene rings is 1. The van der Waals surface area contributed by atoms with Gasteiger partial charge in [0.05, 0.1) is 12.6 Å². The van der Waals surface area contributed by atoms with Crippen molar-refractivity contribution in [2.75, 3.05) is 12.5 Å². The minimum absolute atomic E-state index is 0.00160. The number of hydrogen-bond donors (Lipinski definition) is 1. The number of fused-ring (bicyclic) bond motifs is 1. The summed E-state index contributed by atoms with van der Waals surface area (Å²) < 4.78 is 5.43. The molecule has 2 rings (SSSR count). The summed E-state index contributed by atoms with van der Waals surface area (Å²) >= 11 is 5.45. The van der Waals surface area contributed by atoms with E-state index in [9.17, 15) is 4.79 Å². The van der Waals surface area contributed by atoms with E-state index in [-0.39, 0.29) is 17.8 Å². The average molecular weight is 240 g/mol. The van der Waals surface area contributed by atoms with Crippen LogP contribution in [0.3, 0.4) is 0 Å². The number of ether oxygens (including phenoxy) is 1. The quantitative estimate of drug-likeness (QED) is 0.820. The molecule has 0 aliphatic carbocycles. The predicted octanol–water partition coefficient (Wildman–Crippen LogP) is 2.04. The van der Waals surface area contributed by atoms with Gasteiger partial charge in [-0.25, -0.2) is 0 Å². The molecule has 0 unspecified atom stereocenters. The third-order valence-corrected chi connectivity index (χ3v) is 2.96. The maximum absolute atomic E-state index is 11.2. The Morgan fingerprint density at radius 2 is 2.44 bits per heavy atom. The minimum atomic E-state index is -0.147. The van der Waals surface area contributed by atoms with Crippen molar-refractivity contribution in [3.05, 3.63) is 29.3 Å². The largest absolute Gasteiger partial charge is 0.493 e. The molecule has 1 aliphatic rings. The normalized spacial score (nSPS) is 15.1. The van der Waals surface area contributed by atoms with Crippen LogP contribution in [0.2, 0.25) is 0 Å². The molecule has 0 spiro atoms. The molecule has 0 saturated heterocycles. The number of amides is 1. The van der Waals surface area contributed by atoms with Crippen LogP contribution in [0.4, 0.5) is 0 Å². The summed E-state index contributed by atoms with van der Waals surface area (Å²) in [5.74, 6) is 0.809. The molecule has 16 heavy (non-hydrogen) atoms. The zero-order chi connectivity index (χ0) is 11.5. The van der Waals surface area contributed by atoms with Gasteiger partial charge in [0, 0.05) is 6.42 Å². The van der Waals surface area contributed by atoms with Gasteiger partial charge in [-0.05, 0) is 30.2 Å². The lowest BCUT2D eigenvalue weighted by Crippen LogP contribution is -2.27. The van der Waals surface area contributed by atoms with E-state index in [4.69, 9.17) is 16.3 Å². The second kappa shape index (κ2) is 4.74. The highest BCUT2D eigenvalue weighted by atomic mass is 35.5. The standard InChI is InChI=1S/C12H14ClNO2/c1-8(14-12(15)7-13)9-2-3-11-10(6-9)4-5-16-11/h2-3,6,8H,4-5,7H2,1H3,(H,14,15)/t8-/m1/s1. The molecule has 0 radical (unpaired) electrons. The van der Waals surface area contributed by atoms with Crippen LogP contribution >= 0.6 is 11.6 Å². The van der Waals surface area contributed by atoms with Crippen molar-refractivity contribution in [2.45, 2.75) is 19.4 Å². The molecule has 3 nitrogen and oxygen atoms in total. The molecule has 86 valence electrons. The van der Waals surface area contributed by atoms with Gasteiger partial charge in [-0.3, -0.25) is 4.79 Å². The fourth-order valence-electron chi connectivity index (χ4n) is 1.84. The molecule has 1 amide bonds. The van der Waals surface area contributed by atoms with Crippen LogP contribution in [-0.2, 0) is 11.2 Å². The van der Waals surface area contributed by atoms with Crippen molar-refractivity contribution >= 4 is 17.5 Å². The Morgan fingerprint density at radius 3 is 3.19 bits per heavy atom. The first kappa shape index (κ1) is 11.3. The zero-order valence-corrected chi connectivity index (χ0v) is 9.88. The third-order valence-electron chi connectivity index (χ3n) is 2.71. The van der Waals surface area contributed by atoms with Gasteiger partial charge in [-0.1, -0.05) is 6.07 Å². The molecule has 1 aromatic rings. The number of rotatable bonds is 3. The molecule has 0 saturated carbocycles. The van der Waals surface area contributed by atoms with Crippen LogP contribution in [0.25, 0.3) is 0 Å². The van der Waals surface area contributed by atoms with E-state index < -0.39 is 0 Å². The fraction of sp³-hybridized carbons (Fsp3) is 0.417. The average Bonchev–Trinajstić information content (AvgIpc) is 2.75. The van der Waals surface area contributed by atoms with Gasteiger partial charge < -0.3 is 10.1 Å². The zero-order valence-electron chi connectivity index (χ0n) is 9.13. The highest BCUT2D eigenvalue weighted by Gasteiger charge is 2.15. The highest BCUT2D eigenvalue weighted by molar-refractivity contribution is 6.27. The Kier molecular flexibility index (Phi) is 3.34. The van der Waals surface area contributed by atoms with Gasteiger partial charge in [0.2, 0.25) is 5.91 Å². The van der Waals surface area contributed by atoms with Crippen molar-refractivity contribution in [3.63, 3.8) is 0 Å². The van der Waals surface area contributed by atoms with E-state index in [1.54, 1.807) is 0 Å². The first-order chi connectivity index (χ1) is 7.70. The van der Waals surface area contributed by atoms with Crippen LogP contribution in [0.1, 0.15) is 24.1 Å². The molecule has 1 atom stereocenters. The second-order valence-corrected chi connectivity index (χ2v) is 4.16. The molecule has 1 N–H and O–H groups in total. The summed E-state index contributed by atoms with van der Waals surface area (Å²) in [5, 5.41) is 2.83. The smallest absolute Gasteiger partial charge is 0.235 e. The Bertz CT molecular complexity index is 406. The molecular formula is C12H14ClNO2. The summed E-state index contributed by atoms with van der Waals surface area (Å²) in [6.45, 7) is 2.70. The van der Waals surface area contributed by atoms with E-state index in [1.807, 2.05) is 19.1 Å². The monoisotopic (exact) mass is 239 g/mol. The van der Waals surface area contributed by atoms with E-state index in [1.165, 1.54) is 5.56 Å². The Morgan fingerprint density at radius 1 is 1.62 bits per heavy atom. The number of carbonyl (C=O) groups is 1. The first-order valence-electron chi connectivity index (χ1n) is 5.31. The number of hydrogen-bond acceptors (Lipinski definition) is 2. The maximum Gasteiger partial charge on any atom is 0.235 e. The predicted molar refractivity (Wildman–Crippen MR) is 62.9 cm³/mol. The van der Waals surface area contributed by atoms with E-state index >= 15 is 0 Å². The minimum Gasteiger partial charge on any atom is -0.493 e. The van der Waals surface area contributed by atoms with Gasteiger partial charge in [0.1, 0.15) is 11.6 Å². The topological polar surface area (TPSA) is 38.3 Å².